The topological polar surface area (TPSA) is 78.4 Å². The summed E-state index contributed by atoms with van der Waals surface area (Å²) in [7, 11) is 0. The predicted octanol–water partition coefficient (Wildman–Crippen LogP) is 2.21. The minimum Gasteiger partial charge on any atom is -0.480 e. The molecule has 1 saturated heterocycles. The van der Waals surface area contributed by atoms with Crippen LogP contribution in [-0.4, -0.2) is 40.2 Å². The SMILES string of the molecule is CC1CCC(NC(=O)NC2CCSCC2)(C(=O)O)CC1. The van der Waals surface area contributed by atoms with Crippen molar-refractivity contribution in [3.63, 3.8) is 0 Å². The fourth-order valence-corrected chi connectivity index (χ4v) is 4.03. The number of amides is 2. The quantitative estimate of drug-likeness (QED) is 0.747. The first-order valence-corrected chi connectivity index (χ1v) is 8.57. The van der Waals surface area contributed by atoms with Crippen LogP contribution in [0.4, 0.5) is 4.79 Å². The fraction of sp³-hybridized carbons (Fsp3) is 0.857. The smallest absolute Gasteiger partial charge is 0.329 e. The van der Waals surface area contributed by atoms with Crippen LogP contribution in [0.15, 0.2) is 0 Å². The molecule has 3 N–H and O–H groups in total. The summed E-state index contributed by atoms with van der Waals surface area (Å²) < 4.78 is 0. The van der Waals surface area contributed by atoms with E-state index in [1.165, 1.54) is 0 Å². The lowest BCUT2D eigenvalue weighted by molar-refractivity contribution is -0.146. The highest BCUT2D eigenvalue weighted by Gasteiger charge is 2.42. The van der Waals surface area contributed by atoms with Crippen molar-refractivity contribution in [2.45, 2.75) is 57.0 Å². The van der Waals surface area contributed by atoms with Gasteiger partial charge in [-0.2, -0.15) is 11.8 Å². The molecule has 1 saturated carbocycles. The lowest BCUT2D eigenvalue weighted by Gasteiger charge is -2.37. The standard InChI is InChI=1S/C14H24N2O3S/c1-10-2-6-14(7-3-10,12(17)18)16-13(19)15-11-4-8-20-9-5-11/h10-11H,2-9H2,1H3,(H,17,18)(H2,15,16,19). The highest BCUT2D eigenvalue weighted by atomic mass is 32.2. The van der Waals surface area contributed by atoms with Crippen molar-refractivity contribution in [2.24, 2.45) is 5.92 Å². The first-order valence-electron chi connectivity index (χ1n) is 7.42. The van der Waals surface area contributed by atoms with Gasteiger partial charge in [0.15, 0.2) is 0 Å². The Morgan fingerprint density at radius 2 is 1.75 bits per heavy atom. The molecule has 0 unspecified atom stereocenters. The molecule has 0 aromatic rings. The second kappa shape index (κ2) is 6.70. The molecule has 2 amide bonds. The van der Waals surface area contributed by atoms with Crippen molar-refractivity contribution < 1.29 is 14.7 Å². The summed E-state index contributed by atoms with van der Waals surface area (Å²) in [6.07, 6.45) is 4.69. The Hall–Kier alpha value is -0.910. The molecule has 2 fully saturated rings. The molecule has 0 radical (unpaired) electrons. The molecule has 1 heterocycles. The third-order valence-electron chi connectivity index (χ3n) is 4.45. The van der Waals surface area contributed by atoms with Crippen LogP contribution in [0.2, 0.25) is 0 Å². The van der Waals surface area contributed by atoms with E-state index >= 15 is 0 Å². The Bertz CT molecular complexity index is 361. The third kappa shape index (κ3) is 3.81. The second-order valence-corrected chi connectivity index (χ2v) is 7.28. The van der Waals surface area contributed by atoms with Gasteiger partial charge in [0.25, 0.3) is 0 Å². The van der Waals surface area contributed by atoms with Gasteiger partial charge in [-0.05, 0) is 55.9 Å². The van der Waals surface area contributed by atoms with Gasteiger partial charge in [0.2, 0.25) is 0 Å². The number of rotatable bonds is 3. The molecular weight excluding hydrogens is 276 g/mol. The van der Waals surface area contributed by atoms with Gasteiger partial charge in [0, 0.05) is 6.04 Å². The summed E-state index contributed by atoms with van der Waals surface area (Å²) in [6, 6.07) is -0.136. The summed E-state index contributed by atoms with van der Waals surface area (Å²) in [5, 5.41) is 15.2. The van der Waals surface area contributed by atoms with E-state index in [0.717, 1.165) is 37.2 Å². The maximum atomic E-state index is 12.1. The number of hydrogen-bond acceptors (Lipinski definition) is 3. The predicted molar refractivity (Wildman–Crippen MR) is 80.0 cm³/mol. The van der Waals surface area contributed by atoms with Crippen LogP contribution >= 0.6 is 11.8 Å². The lowest BCUT2D eigenvalue weighted by Crippen LogP contribution is -2.59. The Morgan fingerprint density at radius 3 is 2.30 bits per heavy atom. The average Bonchev–Trinajstić information content (AvgIpc) is 2.42. The Labute approximate surface area is 124 Å². The van der Waals surface area contributed by atoms with E-state index in [1.807, 2.05) is 11.8 Å². The van der Waals surface area contributed by atoms with Crippen molar-refractivity contribution in [2.75, 3.05) is 11.5 Å². The number of aliphatic carboxylic acids is 1. The molecule has 2 aliphatic rings. The molecule has 0 spiro atoms. The fourth-order valence-electron chi connectivity index (χ4n) is 2.93. The van der Waals surface area contributed by atoms with E-state index in [4.69, 9.17) is 0 Å². The van der Waals surface area contributed by atoms with E-state index in [2.05, 4.69) is 17.6 Å². The largest absolute Gasteiger partial charge is 0.480 e. The van der Waals surface area contributed by atoms with Gasteiger partial charge < -0.3 is 15.7 Å². The van der Waals surface area contributed by atoms with E-state index in [0.29, 0.717) is 18.8 Å². The minimum absolute atomic E-state index is 0.185. The highest BCUT2D eigenvalue weighted by Crippen LogP contribution is 2.32. The second-order valence-electron chi connectivity index (χ2n) is 6.05. The Balaban J connectivity index is 1.90. The van der Waals surface area contributed by atoms with Crippen molar-refractivity contribution in [1.82, 2.24) is 10.6 Å². The maximum absolute atomic E-state index is 12.1. The number of carboxylic acid groups (broad SMARTS) is 1. The first kappa shape index (κ1) is 15.5. The average molecular weight is 300 g/mol. The van der Waals surface area contributed by atoms with E-state index in [-0.39, 0.29) is 12.1 Å². The summed E-state index contributed by atoms with van der Waals surface area (Å²) in [6.45, 7) is 2.13. The van der Waals surface area contributed by atoms with Gasteiger partial charge in [-0.3, -0.25) is 0 Å². The molecule has 2 rings (SSSR count). The van der Waals surface area contributed by atoms with Crippen LogP contribution in [-0.2, 0) is 4.79 Å². The van der Waals surface area contributed by atoms with Gasteiger partial charge >= 0.3 is 12.0 Å². The van der Waals surface area contributed by atoms with Gasteiger partial charge in [-0.1, -0.05) is 6.92 Å². The van der Waals surface area contributed by atoms with Crippen LogP contribution in [0.25, 0.3) is 0 Å². The monoisotopic (exact) mass is 300 g/mol. The molecule has 0 atom stereocenters. The molecule has 1 aliphatic heterocycles. The van der Waals surface area contributed by atoms with Gasteiger partial charge in [-0.15, -0.1) is 0 Å². The summed E-state index contributed by atoms with van der Waals surface area (Å²) in [5.41, 5.74) is -1.07. The highest BCUT2D eigenvalue weighted by molar-refractivity contribution is 7.99. The number of hydrogen-bond donors (Lipinski definition) is 3. The molecule has 0 aromatic carbocycles. The molecule has 0 aromatic heterocycles. The van der Waals surface area contributed by atoms with E-state index in [1.54, 1.807) is 0 Å². The summed E-state index contributed by atoms with van der Waals surface area (Å²) >= 11 is 1.90. The molecular formula is C14H24N2O3S. The lowest BCUT2D eigenvalue weighted by atomic mass is 9.77. The Kier molecular flexibility index (Phi) is 5.18. The van der Waals surface area contributed by atoms with Crippen molar-refractivity contribution in [1.29, 1.82) is 0 Å². The third-order valence-corrected chi connectivity index (χ3v) is 5.50. The molecule has 5 nitrogen and oxygen atoms in total. The normalized spacial score (nSPS) is 31.6. The zero-order valence-electron chi connectivity index (χ0n) is 12.0. The number of nitrogens with one attached hydrogen (secondary N) is 2. The summed E-state index contributed by atoms with van der Waals surface area (Å²) in [5.74, 6) is 1.76. The van der Waals surface area contributed by atoms with Crippen LogP contribution < -0.4 is 10.6 Å². The first-order chi connectivity index (χ1) is 9.52. The summed E-state index contributed by atoms with van der Waals surface area (Å²) in [4.78, 5) is 23.6. The van der Waals surface area contributed by atoms with E-state index in [9.17, 15) is 14.7 Å². The van der Waals surface area contributed by atoms with Gasteiger partial charge in [0.05, 0.1) is 0 Å². The molecule has 114 valence electrons. The van der Waals surface area contributed by atoms with Crippen molar-refractivity contribution >= 4 is 23.8 Å². The van der Waals surface area contributed by atoms with Crippen molar-refractivity contribution in [3.05, 3.63) is 0 Å². The number of carbonyl (C=O) groups excluding carboxylic acids is 1. The number of urea groups is 1. The van der Waals surface area contributed by atoms with Crippen LogP contribution in [0.5, 0.6) is 0 Å². The zero-order valence-corrected chi connectivity index (χ0v) is 12.8. The van der Waals surface area contributed by atoms with Crippen molar-refractivity contribution in [3.8, 4) is 0 Å². The van der Waals surface area contributed by atoms with E-state index < -0.39 is 11.5 Å². The molecule has 0 bridgehead atoms. The number of carboxylic acids is 1. The molecule has 6 heteroatoms. The minimum atomic E-state index is -1.07. The van der Waals surface area contributed by atoms with Crippen LogP contribution in [0.3, 0.4) is 0 Å². The van der Waals surface area contributed by atoms with Crippen LogP contribution in [0, 0.1) is 5.92 Å². The molecule has 20 heavy (non-hydrogen) atoms. The van der Waals surface area contributed by atoms with Gasteiger partial charge in [0.1, 0.15) is 5.54 Å². The van der Waals surface area contributed by atoms with Crippen LogP contribution in [0.1, 0.15) is 45.4 Å². The van der Waals surface area contributed by atoms with Gasteiger partial charge in [-0.25, -0.2) is 9.59 Å². The number of thioether (sulfide) groups is 1. The number of carbonyl (C=O) groups is 2. The zero-order chi connectivity index (χ0) is 14.6. The Morgan fingerprint density at radius 1 is 1.15 bits per heavy atom. The molecule has 1 aliphatic carbocycles. The maximum Gasteiger partial charge on any atom is 0.329 e.